The molecule has 4 heterocycles. The van der Waals surface area contributed by atoms with Crippen molar-refractivity contribution in [2.75, 3.05) is 0 Å². The monoisotopic (exact) mass is 426 g/mol. The molecule has 3 aromatic rings. The number of aryl methyl sites for hydroxylation is 1. The minimum atomic E-state index is -1.08. The number of hydrogen-bond acceptors (Lipinski definition) is 7. The first-order valence-corrected chi connectivity index (χ1v) is 10.4. The number of phenolic OH excluding ortho intramolecular Hbond substituents is 1. The zero-order valence-corrected chi connectivity index (χ0v) is 17.0. The summed E-state index contributed by atoms with van der Waals surface area (Å²) in [6, 6.07) is 8.34. The predicted octanol–water partition coefficient (Wildman–Crippen LogP) is 2.81. The summed E-state index contributed by atoms with van der Waals surface area (Å²) in [5.41, 5.74) is 1.49. The fourth-order valence-corrected chi connectivity index (χ4v) is 4.41. The molecular formula is C22H23FN4O4. The number of phenols is 1. The van der Waals surface area contributed by atoms with Crippen molar-refractivity contribution in [3.63, 3.8) is 0 Å². The minimum absolute atomic E-state index is 0.0260. The van der Waals surface area contributed by atoms with E-state index in [0.717, 1.165) is 19.3 Å². The molecule has 2 aliphatic heterocycles. The highest BCUT2D eigenvalue weighted by Gasteiger charge is 2.41. The van der Waals surface area contributed by atoms with Gasteiger partial charge in [-0.05, 0) is 31.0 Å². The lowest BCUT2D eigenvalue weighted by atomic mass is 9.84. The van der Waals surface area contributed by atoms with Gasteiger partial charge in [0.05, 0.1) is 11.9 Å². The first-order chi connectivity index (χ1) is 15.0. The van der Waals surface area contributed by atoms with E-state index < -0.39 is 18.0 Å². The van der Waals surface area contributed by atoms with Crippen LogP contribution in [0.5, 0.6) is 11.6 Å². The van der Waals surface area contributed by atoms with Gasteiger partial charge in [0.1, 0.15) is 11.9 Å². The molecule has 0 spiro atoms. The molecule has 0 radical (unpaired) electrons. The zero-order chi connectivity index (χ0) is 21.5. The number of benzene rings is 1. The molecule has 8 nitrogen and oxygen atoms in total. The van der Waals surface area contributed by atoms with Gasteiger partial charge in [-0.1, -0.05) is 12.5 Å². The number of piperidine rings is 2. The first-order valence-electron chi connectivity index (χ1n) is 10.4. The van der Waals surface area contributed by atoms with Crippen LogP contribution in [-0.2, 0) is 7.05 Å². The van der Waals surface area contributed by atoms with Crippen LogP contribution in [0.25, 0.3) is 22.6 Å². The molecule has 0 aliphatic carbocycles. The molecule has 4 atom stereocenters. The summed E-state index contributed by atoms with van der Waals surface area (Å²) in [5.74, 6) is 0.116. The SMILES string of the molecule is Cn1cc(-c2ccc(-c3ccc(O[C@@H]4CC5CCCC(N5)[C@@H]4F)nn3)c(O)c2)oc1=O. The Morgan fingerprint density at radius 3 is 2.84 bits per heavy atom. The number of aromatic nitrogens is 3. The van der Waals surface area contributed by atoms with Crippen LogP contribution in [0.1, 0.15) is 25.7 Å². The second-order valence-corrected chi connectivity index (χ2v) is 8.20. The summed E-state index contributed by atoms with van der Waals surface area (Å²) in [7, 11) is 1.59. The molecule has 1 aromatic carbocycles. The van der Waals surface area contributed by atoms with E-state index in [4.69, 9.17) is 9.15 Å². The zero-order valence-electron chi connectivity index (χ0n) is 17.0. The lowest BCUT2D eigenvalue weighted by Crippen LogP contribution is -2.59. The second-order valence-electron chi connectivity index (χ2n) is 8.20. The number of nitrogens with zero attached hydrogens (tertiary/aromatic N) is 3. The van der Waals surface area contributed by atoms with Crippen molar-refractivity contribution in [2.24, 2.45) is 7.05 Å². The average Bonchev–Trinajstić information content (AvgIpc) is 3.11. The molecule has 162 valence electrons. The largest absolute Gasteiger partial charge is 0.507 e. The van der Waals surface area contributed by atoms with Gasteiger partial charge in [-0.3, -0.25) is 4.57 Å². The van der Waals surface area contributed by atoms with Crippen molar-refractivity contribution < 1.29 is 18.7 Å². The number of hydrogen-bond donors (Lipinski definition) is 2. The van der Waals surface area contributed by atoms with Crippen molar-refractivity contribution >= 4 is 0 Å². The third-order valence-corrected chi connectivity index (χ3v) is 6.04. The summed E-state index contributed by atoms with van der Waals surface area (Å²) in [5, 5.41) is 22.0. The third kappa shape index (κ3) is 3.81. The van der Waals surface area contributed by atoms with Gasteiger partial charge in [0, 0.05) is 42.7 Å². The molecule has 0 amide bonds. The summed E-state index contributed by atoms with van der Waals surface area (Å²) >= 11 is 0. The number of ether oxygens (including phenoxy) is 1. The van der Waals surface area contributed by atoms with Crippen LogP contribution in [0.3, 0.4) is 0 Å². The average molecular weight is 426 g/mol. The highest BCUT2D eigenvalue weighted by atomic mass is 19.1. The van der Waals surface area contributed by atoms with Crippen LogP contribution in [0.2, 0.25) is 0 Å². The number of halogens is 1. The van der Waals surface area contributed by atoms with Crippen molar-refractivity contribution in [3.05, 3.63) is 47.1 Å². The summed E-state index contributed by atoms with van der Waals surface area (Å²) < 4.78 is 27.0. The smallest absolute Gasteiger partial charge is 0.419 e. The Hall–Kier alpha value is -3.20. The van der Waals surface area contributed by atoms with E-state index in [9.17, 15) is 14.3 Å². The van der Waals surface area contributed by atoms with Gasteiger partial charge in [0.15, 0.2) is 11.9 Å². The fourth-order valence-electron chi connectivity index (χ4n) is 4.41. The van der Waals surface area contributed by atoms with E-state index in [-0.39, 0.29) is 23.7 Å². The molecule has 2 bridgehead atoms. The summed E-state index contributed by atoms with van der Waals surface area (Å²) in [4.78, 5) is 11.5. The quantitative estimate of drug-likeness (QED) is 0.661. The van der Waals surface area contributed by atoms with Gasteiger partial charge in [-0.2, -0.15) is 0 Å². The Bertz CT molecular complexity index is 1140. The van der Waals surface area contributed by atoms with E-state index in [2.05, 4.69) is 15.5 Å². The standard InChI is InChI=1S/C22H23FN4O4/c1-27-11-19(31-22(27)29)12-5-6-14(17(28)9-12)15-7-8-20(26-25-15)30-18-10-13-3-2-4-16(24-13)21(18)23/h5-9,11,13,16,18,21,24,28H,2-4,10H2,1H3/t13?,16?,18-,21+/m1/s1. The van der Waals surface area contributed by atoms with Crippen LogP contribution in [0.15, 0.2) is 45.7 Å². The maximum atomic E-state index is 14.7. The first kappa shape index (κ1) is 19.7. The van der Waals surface area contributed by atoms with Crippen molar-refractivity contribution in [1.29, 1.82) is 0 Å². The Kier molecular flexibility index (Phi) is 4.97. The Morgan fingerprint density at radius 2 is 2.13 bits per heavy atom. The maximum Gasteiger partial charge on any atom is 0.419 e. The third-order valence-electron chi connectivity index (χ3n) is 6.04. The van der Waals surface area contributed by atoms with Crippen molar-refractivity contribution in [3.8, 4) is 34.2 Å². The van der Waals surface area contributed by atoms with Gasteiger partial charge < -0.3 is 19.6 Å². The van der Waals surface area contributed by atoms with Crippen molar-refractivity contribution in [1.82, 2.24) is 20.1 Å². The molecule has 0 saturated carbocycles. The number of nitrogens with one attached hydrogen (secondary N) is 1. The molecule has 2 aromatic heterocycles. The molecule has 9 heteroatoms. The summed E-state index contributed by atoms with van der Waals surface area (Å²) in [6.07, 6.45) is 3.45. The van der Waals surface area contributed by atoms with Gasteiger partial charge >= 0.3 is 5.76 Å². The Morgan fingerprint density at radius 1 is 1.26 bits per heavy atom. The van der Waals surface area contributed by atoms with Gasteiger partial charge in [-0.25, -0.2) is 9.18 Å². The molecular weight excluding hydrogens is 403 g/mol. The van der Waals surface area contributed by atoms with E-state index in [0.29, 0.717) is 29.0 Å². The van der Waals surface area contributed by atoms with Crippen LogP contribution in [0, 0.1) is 0 Å². The van der Waals surface area contributed by atoms with Crippen LogP contribution < -0.4 is 15.8 Å². The number of rotatable bonds is 4. The Labute approximate surface area is 177 Å². The lowest BCUT2D eigenvalue weighted by Gasteiger charge is -2.42. The topological polar surface area (TPSA) is 102 Å². The highest BCUT2D eigenvalue weighted by molar-refractivity contribution is 5.72. The number of aromatic hydroxyl groups is 1. The van der Waals surface area contributed by atoms with Gasteiger partial charge in [-0.15, -0.1) is 10.2 Å². The fraction of sp³-hybridized carbons (Fsp3) is 0.409. The molecule has 2 N–H and O–H groups in total. The molecule has 2 unspecified atom stereocenters. The normalized spacial score (nSPS) is 25.4. The van der Waals surface area contributed by atoms with Crippen LogP contribution in [0.4, 0.5) is 4.39 Å². The van der Waals surface area contributed by atoms with E-state index in [1.165, 1.54) is 10.6 Å². The summed E-state index contributed by atoms with van der Waals surface area (Å²) in [6.45, 7) is 0. The van der Waals surface area contributed by atoms with Crippen LogP contribution in [-0.4, -0.2) is 44.2 Å². The Balaban J connectivity index is 1.32. The van der Waals surface area contributed by atoms with E-state index in [1.54, 1.807) is 37.5 Å². The number of oxazole rings is 1. The number of alkyl halides is 1. The van der Waals surface area contributed by atoms with Gasteiger partial charge in [0.25, 0.3) is 0 Å². The van der Waals surface area contributed by atoms with E-state index >= 15 is 0 Å². The number of fused-ring (bicyclic) bond motifs is 2. The minimum Gasteiger partial charge on any atom is -0.507 e. The van der Waals surface area contributed by atoms with Crippen LogP contribution >= 0.6 is 0 Å². The second kappa shape index (κ2) is 7.81. The van der Waals surface area contributed by atoms with E-state index in [1.807, 2.05) is 0 Å². The lowest BCUT2D eigenvalue weighted by molar-refractivity contribution is 0.00652. The molecule has 31 heavy (non-hydrogen) atoms. The van der Waals surface area contributed by atoms with Gasteiger partial charge in [0.2, 0.25) is 5.88 Å². The molecule has 2 saturated heterocycles. The van der Waals surface area contributed by atoms with Crippen molar-refractivity contribution in [2.45, 2.75) is 50.0 Å². The maximum absolute atomic E-state index is 14.7. The molecule has 2 aliphatic rings. The molecule has 2 fully saturated rings. The molecule has 5 rings (SSSR count). The predicted molar refractivity (Wildman–Crippen MR) is 111 cm³/mol. The highest BCUT2D eigenvalue weighted by Crippen LogP contribution is 2.33.